The zero-order chi connectivity index (χ0) is 15.1. The fourth-order valence-corrected chi connectivity index (χ4v) is 2.39. The quantitative estimate of drug-likeness (QED) is 0.832. The summed E-state index contributed by atoms with van der Waals surface area (Å²) in [6, 6.07) is 10.5. The van der Waals surface area contributed by atoms with Crippen LogP contribution in [0.15, 0.2) is 41.8 Å². The first-order chi connectivity index (χ1) is 10.2. The lowest BCUT2D eigenvalue weighted by Crippen LogP contribution is -2.42. The van der Waals surface area contributed by atoms with Crippen LogP contribution in [0.4, 0.5) is 0 Å². The second-order valence-electron chi connectivity index (χ2n) is 4.22. The van der Waals surface area contributed by atoms with Crippen molar-refractivity contribution in [3.63, 3.8) is 0 Å². The molecule has 2 rings (SSSR count). The molecule has 6 heteroatoms. The van der Waals surface area contributed by atoms with Gasteiger partial charge in [0.1, 0.15) is 5.75 Å². The first-order valence-electron chi connectivity index (χ1n) is 6.53. The fraction of sp³-hybridized carbons (Fsp3) is 0.200. The van der Waals surface area contributed by atoms with Gasteiger partial charge in [0.25, 0.3) is 5.91 Å². The van der Waals surface area contributed by atoms with Crippen LogP contribution in [0.2, 0.25) is 0 Å². The molecule has 2 aromatic rings. The first kappa shape index (κ1) is 15.1. The molecule has 2 amide bonds. The highest BCUT2D eigenvalue weighted by Gasteiger charge is 2.08. The molecule has 2 N–H and O–H groups in total. The van der Waals surface area contributed by atoms with E-state index in [1.54, 1.807) is 24.3 Å². The second kappa shape index (κ2) is 7.44. The van der Waals surface area contributed by atoms with Crippen molar-refractivity contribution in [2.75, 3.05) is 6.61 Å². The maximum Gasteiger partial charge on any atom is 0.269 e. The average Bonchev–Trinajstić information content (AvgIpc) is 2.99. The van der Waals surface area contributed by atoms with Crippen LogP contribution in [0.3, 0.4) is 0 Å². The van der Waals surface area contributed by atoms with Gasteiger partial charge in [0.15, 0.2) is 0 Å². The van der Waals surface area contributed by atoms with Crippen LogP contribution < -0.4 is 15.6 Å². The Bertz CT molecular complexity index is 594. The number of carbonyl (C=O) groups is 2. The number of ether oxygens (including phenoxy) is 1. The average molecular weight is 304 g/mol. The Hall–Kier alpha value is -2.34. The van der Waals surface area contributed by atoms with Gasteiger partial charge in [-0.2, -0.15) is 0 Å². The van der Waals surface area contributed by atoms with Gasteiger partial charge in [-0.05, 0) is 42.6 Å². The van der Waals surface area contributed by atoms with Gasteiger partial charge >= 0.3 is 0 Å². The van der Waals surface area contributed by atoms with E-state index in [1.165, 1.54) is 11.3 Å². The number of thiophene rings is 1. The Kier molecular flexibility index (Phi) is 5.34. The third kappa shape index (κ3) is 4.61. The van der Waals surface area contributed by atoms with E-state index in [4.69, 9.17) is 4.74 Å². The highest BCUT2D eigenvalue weighted by atomic mass is 32.1. The molecule has 0 bridgehead atoms. The molecule has 1 aromatic heterocycles. The number of rotatable bonds is 5. The number of hydrazine groups is 1. The molecule has 0 aliphatic carbocycles. The van der Waals surface area contributed by atoms with Crippen LogP contribution in [0.1, 0.15) is 22.2 Å². The minimum atomic E-state index is -0.363. The molecule has 0 aliphatic heterocycles. The van der Waals surface area contributed by atoms with Crippen LogP contribution in [0.5, 0.6) is 5.75 Å². The third-order valence-corrected chi connectivity index (χ3v) is 3.53. The number of nitrogens with one attached hydrogen (secondary N) is 2. The van der Waals surface area contributed by atoms with Gasteiger partial charge in [-0.15, -0.1) is 11.3 Å². The predicted octanol–water partition coefficient (Wildman–Crippen LogP) is 2.15. The van der Waals surface area contributed by atoms with Crippen LogP contribution in [0.25, 0.3) is 0 Å². The highest BCUT2D eigenvalue weighted by Crippen LogP contribution is 2.12. The molecule has 1 aromatic carbocycles. The van der Waals surface area contributed by atoms with E-state index in [-0.39, 0.29) is 18.2 Å². The van der Waals surface area contributed by atoms with Gasteiger partial charge in [-0.1, -0.05) is 6.07 Å². The maximum atomic E-state index is 11.9. The van der Waals surface area contributed by atoms with Crippen molar-refractivity contribution in [1.29, 1.82) is 0 Å². The number of hydrogen-bond acceptors (Lipinski definition) is 4. The standard InChI is InChI=1S/C15H16N2O3S/c1-2-20-12-7-5-11(6-8-12)15(19)17-16-14(18)10-13-4-3-9-21-13/h3-9H,2,10H2,1H3,(H,16,18)(H,17,19). The third-order valence-electron chi connectivity index (χ3n) is 2.66. The largest absolute Gasteiger partial charge is 0.494 e. The Labute approximate surface area is 126 Å². The molecule has 0 radical (unpaired) electrons. The van der Waals surface area contributed by atoms with E-state index in [9.17, 15) is 9.59 Å². The summed E-state index contributed by atoms with van der Waals surface area (Å²) in [6.07, 6.45) is 0.251. The molecular formula is C15H16N2O3S. The van der Waals surface area contributed by atoms with E-state index in [2.05, 4.69) is 10.9 Å². The lowest BCUT2D eigenvalue weighted by Gasteiger charge is -2.08. The van der Waals surface area contributed by atoms with Gasteiger partial charge in [0.05, 0.1) is 13.0 Å². The van der Waals surface area contributed by atoms with Crippen molar-refractivity contribution in [2.24, 2.45) is 0 Å². The second-order valence-corrected chi connectivity index (χ2v) is 5.25. The van der Waals surface area contributed by atoms with Gasteiger partial charge < -0.3 is 4.74 Å². The molecule has 21 heavy (non-hydrogen) atoms. The van der Waals surface area contributed by atoms with Crippen molar-refractivity contribution in [3.8, 4) is 5.75 Å². The number of hydrogen-bond donors (Lipinski definition) is 2. The summed E-state index contributed by atoms with van der Waals surface area (Å²) in [4.78, 5) is 24.5. The summed E-state index contributed by atoms with van der Waals surface area (Å²) in [5, 5.41) is 1.90. The van der Waals surface area contributed by atoms with E-state index in [1.807, 2.05) is 24.4 Å². The fourth-order valence-electron chi connectivity index (χ4n) is 1.68. The molecule has 0 unspecified atom stereocenters. The maximum absolute atomic E-state index is 11.9. The monoisotopic (exact) mass is 304 g/mol. The van der Waals surface area contributed by atoms with Gasteiger partial charge in [0.2, 0.25) is 5.91 Å². The Morgan fingerprint density at radius 3 is 2.52 bits per heavy atom. The zero-order valence-electron chi connectivity index (χ0n) is 11.6. The summed E-state index contributed by atoms with van der Waals surface area (Å²) in [6.45, 7) is 2.47. The van der Waals surface area contributed by atoms with Gasteiger partial charge in [-0.3, -0.25) is 20.4 Å². The van der Waals surface area contributed by atoms with Crippen molar-refractivity contribution < 1.29 is 14.3 Å². The van der Waals surface area contributed by atoms with Crippen molar-refractivity contribution in [1.82, 2.24) is 10.9 Å². The topological polar surface area (TPSA) is 67.4 Å². The van der Waals surface area contributed by atoms with E-state index in [0.717, 1.165) is 4.88 Å². The lowest BCUT2D eigenvalue weighted by molar-refractivity contribution is -0.121. The predicted molar refractivity (Wildman–Crippen MR) is 81.2 cm³/mol. The van der Waals surface area contributed by atoms with Crippen LogP contribution in [-0.4, -0.2) is 18.4 Å². The van der Waals surface area contributed by atoms with Crippen molar-refractivity contribution in [2.45, 2.75) is 13.3 Å². The number of amides is 2. The van der Waals surface area contributed by atoms with Crippen molar-refractivity contribution in [3.05, 3.63) is 52.2 Å². The molecule has 0 fully saturated rings. The van der Waals surface area contributed by atoms with Crippen LogP contribution in [-0.2, 0) is 11.2 Å². The summed E-state index contributed by atoms with van der Waals surface area (Å²) in [7, 11) is 0. The smallest absolute Gasteiger partial charge is 0.269 e. The van der Waals surface area contributed by atoms with Gasteiger partial charge in [0, 0.05) is 10.4 Å². The Balaban J connectivity index is 1.82. The highest BCUT2D eigenvalue weighted by molar-refractivity contribution is 7.10. The minimum absolute atomic E-state index is 0.251. The van der Waals surface area contributed by atoms with E-state index < -0.39 is 0 Å². The summed E-state index contributed by atoms with van der Waals surface area (Å²) in [5.41, 5.74) is 5.24. The molecule has 5 nitrogen and oxygen atoms in total. The van der Waals surface area contributed by atoms with Crippen LogP contribution >= 0.6 is 11.3 Å². The minimum Gasteiger partial charge on any atom is -0.494 e. The summed E-state index contributed by atoms with van der Waals surface area (Å²) in [5.74, 6) is 0.0881. The molecule has 0 spiro atoms. The van der Waals surface area contributed by atoms with E-state index >= 15 is 0 Å². The normalized spacial score (nSPS) is 9.95. The Morgan fingerprint density at radius 2 is 1.90 bits per heavy atom. The summed E-state index contributed by atoms with van der Waals surface area (Å²) >= 11 is 1.50. The lowest BCUT2D eigenvalue weighted by atomic mass is 10.2. The molecule has 0 saturated carbocycles. The summed E-state index contributed by atoms with van der Waals surface area (Å²) < 4.78 is 5.30. The Morgan fingerprint density at radius 1 is 1.14 bits per heavy atom. The molecule has 0 aliphatic rings. The van der Waals surface area contributed by atoms with Crippen molar-refractivity contribution >= 4 is 23.2 Å². The molecular weight excluding hydrogens is 288 g/mol. The first-order valence-corrected chi connectivity index (χ1v) is 7.41. The molecule has 0 saturated heterocycles. The zero-order valence-corrected chi connectivity index (χ0v) is 12.4. The number of benzene rings is 1. The SMILES string of the molecule is CCOc1ccc(C(=O)NNC(=O)Cc2cccs2)cc1. The number of carbonyl (C=O) groups excluding carboxylic acids is 2. The van der Waals surface area contributed by atoms with Crippen LogP contribution in [0, 0.1) is 0 Å². The molecule has 0 atom stereocenters. The molecule has 1 heterocycles. The van der Waals surface area contributed by atoms with Gasteiger partial charge in [-0.25, -0.2) is 0 Å². The van der Waals surface area contributed by atoms with E-state index in [0.29, 0.717) is 17.9 Å². The molecule has 110 valence electrons.